The minimum absolute atomic E-state index is 0.0934. The summed E-state index contributed by atoms with van der Waals surface area (Å²) in [6, 6.07) is 6.19. The van der Waals surface area contributed by atoms with Crippen LogP contribution in [0.2, 0.25) is 5.02 Å². The highest BCUT2D eigenvalue weighted by atomic mass is 35.5. The Morgan fingerprint density at radius 1 is 1.44 bits per heavy atom. The van der Waals surface area contributed by atoms with E-state index in [1.807, 2.05) is 38.5 Å². The Hall–Kier alpha value is -1.32. The van der Waals surface area contributed by atoms with Gasteiger partial charge in [-0.2, -0.15) is 0 Å². The summed E-state index contributed by atoms with van der Waals surface area (Å²) in [6.45, 7) is 5.05. The smallest absolute Gasteiger partial charge is 0.130 e. The number of rotatable bonds is 4. The molecule has 1 aromatic carbocycles. The number of hydrogen-bond acceptors (Lipinski definition) is 2. The number of imidazole rings is 1. The second-order valence-electron chi connectivity index (χ2n) is 4.30. The van der Waals surface area contributed by atoms with E-state index < -0.39 is 0 Å². The summed E-state index contributed by atoms with van der Waals surface area (Å²) in [7, 11) is 1.95. The monoisotopic (exact) mass is 263 g/mol. The van der Waals surface area contributed by atoms with Gasteiger partial charge in [0.05, 0.1) is 6.04 Å². The molecule has 0 spiro atoms. The van der Waals surface area contributed by atoms with Crippen molar-refractivity contribution in [3.63, 3.8) is 0 Å². The molecule has 2 aromatic rings. The number of aromatic nitrogens is 2. The number of halogens is 1. The van der Waals surface area contributed by atoms with Crippen LogP contribution in [-0.4, -0.2) is 16.6 Å². The molecule has 4 heteroatoms. The van der Waals surface area contributed by atoms with E-state index in [1.165, 1.54) is 5.56 Å². The molecule has 96 valence electrons. The molecule has 0 radical (unpaired) electrons. The third-order valence-electron chi connectivity index (χ3n) is 3.15. The molecule has 0 bridgehead atoms. The summed E-state index contributed by atoms with van der Waals surface area (Å²) in [5, 5.41) is 4.11. The van der Waals surface area contributed by atoms with Gasteiger partial charge in [0.2, 0.25) is 0 Å². The fourth-order valence-electron chi connectivity index (χ4n) is 2.14. The molecular formula is C14H18ClN3. The zero-order valence-corrected chi connectivity index (χ0v) is 11.7. The summed E-state index contributed by atoms with van der Waals surface area (Å²) in [5.41, 5.74) is 2.27. The number of hydrogen-bond donors (Lipinski definition) is 1. The fourth-order valence-corrected chi connectivity index (χ4v) is 2.26. The predicted molar refractivity (Wildman–Crippen MR) is 75.0 cm³/mol. The van der Waals surface area contributed by atoms with E-state index in [0.29, 0.717) is 0 Å². The molecule has 2 rings (SSSR count). The van der Waals surface area contributed by atoms with Gasteiger partial charge in [-0.15, -0.1) is 0 Å². The van der Waals surface area contributed by atoms with Crippen LogP contribution in [0.4, 0.5) is 0 Å². The molecule has 1 atom stereocenters. The Morgan fingerprint density at radius 3 is 2.83 bits per heavy atom. The molecule has 0 aliphatic heterocycles. The first kappa shape index (κ1) is 13.1. The molecular weight excluding hydrogens is 246 g/mol. The molecule has 1 N–H and O–H groups in total. The highest BCUT2D eigenvalue weighted by Gasteiger charge is 2.17. The van der Waals surface area contributed by atoms with Crippen molar-refractivity contribution < 1.29 is 0 Å². The van der Waals surface area contributed by atoms with Crippen LogP contribution < -0.4 is 5.32 Å². The largest absolute Gasteiger partial charge is 0.334 e. The molecule has 0 aliphatic rings. The molecule has 1 aromatic heterocycles. The Kier molecular flexibility index (Phi) is 4.04. The number of nitrogens with one attached hydrogen (secondary N) is 1. The van der Waals surface area contributed by atoms with Gasteiger partial charge >= 0.3 is 0 Å². The summed E-state index contributed by atoms with van der Waals surface area (Å²) in [5.74, 6) is 1.03. The quantitative estimate of drug-likeness (QED) is 0.918. The second kappa shape index (κ2) is 5.55. The molecule has 0 amide bonds. The summed E-state index contributed by atoms with van der Waals surface area (Å²) in [6.07, 6.45) is 3.84. The maximum atomic E-state index is 6.07. The number of nitrogens with zero attached hydrogens (tertiary/aromatic N) is 2. The Morgan fingerprint density at radius 2 is 2.22 bits per heavy atom. The summed E-state index contributed by atoms with van der Waals surface area (Å²) in [4.78, 5) is 4.45. The number of aryl methyl sites for hydroxylation is 2. The van der Waals surface area contributed by atoms with Gasteiger partial charge in [0, 0.05) is 24.0 Å². The zero-order valence-electron chi connectivity index (χ0n) is 10.9. The number of benzene rings is 1. The van der Waals surface area contributed by atoms with Crippen molar-refractivity contribution in [3.05, 3.63) is 52.6 Å². The van der Waals surface area contributed by atoms with E-state index in [1.54, 1.807) is 0 Å². The van der Waals surface area contributed by atoms with Gasteiger partial charge in [-0.05, 0) is 38.1 Å². The van der Waals surface area contributed by atoms with E-state index in [9.17, 15) is 0 Å². The van der Waals surface area contributed by atoms with Crippen molar-refractivity contribution in [2.24, 2.45) is 0 Å². The van der Waals surface area contributed by atoms with Gasteiger partial charge in [0.15, 0.2) is 0 Å². The maximum absolute atomic E-state index is 6.07. The molecule has 0 saturated carbocycles. The summed E-state index contributed by atoms with van der Waals surface area (Å²) < 4.78 is 2.14. The average Bonchev–Trinajstić information content (AvgIpc) is 2.83. The predicted octanol–water partition coefficient (Wildman–Crippen LogP) is 3.17. The highest BCUT2D eigenvalue weighted by molar-refractivity contribution is 6.31. The summed E-state index contributed by atoms with van der Waals surface area (Å²) >= 11 is 6.07. The first-order valence-corrected chi connectivity index (χ1v) is 6.49. The van der Waals surface area contributed by atoms with E-state index in [-0.39, 0.29) is 6.04 Å². The second-order valence-corrected chi connectivity index (χ2v) is 4.71. The van der Waals surface area contributed by atoms with Crippen molar-refractivity contribution in [2.45, 2.75) is 26.4 Å². The van der Waals surface area contributed by atoms with Crippen molar-refractivity contribution >= 4 is 11.6 Å². The van der Waals surface area contributed by atoms with Crippen LogP contribution in [0.15, 0.2) is 30.6 Å². The average molecular weight is 264 g/mol. The lowest BCUT2D eigenvalue weighted by molar-refractivity contribution is 0.590. The molecule has 1 unspecified atom stereocenters. The zero-order chi connectivity index (χ0) is 13.1. The lowest BCUT2D eigenvalue weighted by atomic mass is 10.0. The lowest BCUT2D eigenvalue weighted by Gasteiger charge is -2.18. The van der Waals surface area contributed by atoms with Gasteiger partial charge in [-0.1, -0.05) is 23.7 Å². The van der Waals surface area contributed by atoms with E-state index in [4.69, 9.17) is 11.6 Å². The van der Waals surface area contributed by atoms with Gasteiger partial charge in [-0.25, -0.2) is 4.98 Å². The maximum Gasteiger partial charge on any atom is 0.130 e. The van der Waals surface area contributed by atoms with Crippen LogP contribution in [0.5, 0.6) is 0 Å². The fraction of sp³-hybridized carbons (Fsp3) is 0.357. The van der Waals surface area contributed by atoms with Crippen molar-refractivity contribution in [1.82, 2.24) is 14.9 Å². The van der Waals surface area contributed by atoms with Crippen LogP contribution >= 0.6 is 11.6 Å². The Bertz CT molecular complexity index is 534. The third kappa shape index (κ3) is 2.42. The topological polar surface area (TPSA) is 29.9 Å². The molecule has 1 heterocycles. The normalized spacial score (nSPS) is 12.7. The van der Waals surface area contributed by atoms with Crippen LogP contribution in [-0.2, 0) is 6.54 Å². The van der Waals surface area contributed by atoms with E-state index in [2.05, 4.69) is 27.9 Å². The van der Waals surface area contributed by atoms with Crippen LogP contribution in [0, 0.1) is 6.92 Å². The van der Waals surface area contributed by atoms with Crippen LogP contribution in [0.3, 0.4) is 0 Å². The van der Waals surface area contributed by atoms with Gasteiger partial charge in [-0.3, -0.25) is 0 Å². The first-order valence-electron chi connectivity index (χ1n) is 6.11. The molecule has 18 heavy (non-hydrogen) atoms. The van der Waals surface area contributed by atoms with Crippen LogP contribution in [0.25, 0.3) is 0 Å². The third-order valence-corrected chi connectivity index (χ3v) is 3.57. The minimum Gasteiger partial charge on any atom is -0.334 e. The van der Waals surface area contributed by atoms with Gasteiger partial charge < -0.3 is 9.88 Å². The van der Waals surface area contributed by atoms with E-state index >= 15 is 0 Å². The first-order chi connectivity index (χ1) is 8.67. The Balaban J connectivity index is 2.42. The molecule has 0 fully saturated rings. The van der Waals surface area contributed by atoms with E-state index in [0.717, 1.165) is 23.0 Å². The minimum atomic E-state index is 0.0934. The SMILES string of the molecule is CCn1ccnc1C(NC)c1ccc(Cl)c(C)c1. The highest BCUT2D eigenvalue weighted by Crippen LogP contribution is 2.24. The van der Waals surface area contributed by atoms with Crippen molar-refractivity contribution in [1.29, 1.82) is 0 Å². The van der Waals surface area contributed by atoms with Crippen molar-refractivity contribution in [3.8, 4) is 0 Å². The molecule has 0 saturated heterocycles. The van der Waals surface area contributed by atoms with Gasteiger partial charge in [0.25, 0.3) is 0 Å². The van der Waals surface area contributed by atoms with Crippen molar-refractivity contribution in [2.75, 3.05) is 7.05 Å². The standard InChI is InChI=1S/C14H18ClN3/c1-4-18-8-7-17-14(18)13(16-3)11-5-6-12(15)10(2)9-11/h5-9,13,16H,4H2,1-3H3. The van der Waals surface area contributed by atoms with Gasteiger partial charge in [0.1, 0.15) is 5.82 Å². The lowest BCUT2D eigenvalue weighted by Crippen LogP contribution is -2.21. The molecule has 3 nitrogen and oxygen atoms in total. The Labute approximate surface area is 113 Å². The molecule has 0 aliphatic carbocycles. The van der Waals surface area contributed by atoms with Crippen LogP contribution in [0.1, 0.15) is 29.9 Å².